The topological polar surface area (TPSA) is 94.4 Å². The number of benzene rings is 1. The maximum atomic E-state index is 13.5. The number of aromatic nitrogens is 1. The summed E-state index contributed by atoms with van der Waals surface area (Å²) in [5.74, 6) is -1.32. The van der Waals surface area contributed by atoms with Gasteiger partial charge in [-0.25, -0.2) is 4.39 Å². The summed E-state index contributed by atoms with van der Waals surface area (Å²) < 4.78 is 18.5. The molecule has 0 saturated carbocycles. The summed E-state index contributed by atoms with van der Waals surface area (Å²) in [4.78, 5) is 25.7. The molecule has 0 bridgehead atoms. The van der Waals surface area contributed by atoms with Crippen LogP contribution in [0.2, 0.25) is 0 Å². The van der Waals surface area contributed by atoms with Crippen molar-refractivity contribution in [2.75, 3.05) is 12.4 Å². The van der Waals surface area contributed by atoms with Crippen LogP contribution >= 0.6 is 0 Å². The van der Waals surface area contributed by atoms with Crippen LogP contribution in [0.15, 0.2) is 36.7 Å². The van der Waals surface area contributed by atoms with Crippen LogP contribution in [0.25, 0.3) is 0 Å². The number of halogens is 1. The molecular formula is C13H10FN3O4. The van der Waals surface area contributed by atoms with Crippen molar-refractivity contribution in [1.29, 1.82) is 0 Å². The predicted molar refractivity (Wildman–Crippen MR) is 71.8 cm³/mol. The van der Waals surface area contributed by atoms with Crippen LogP contribution in [0.3, 0.4) is 0 Å². The molecule has 0 aliphatic carbocycles. The number of hydrogen-bond acceptors (Lipinski definition) is 5. The zero-order valence-electron chi connectivity index (χ0n) is 10.9. The van der Waals surface area contributed by atoms with Gasteiger partial charge >= 0.3 is 0 Å². The Morgan fingerprint density at radius 3 is 2.81 bits per heavy atom. The number of pyridine rings is 1. The highest BCUT2D eigenvalue weighted by Gasteiger charge is 2.16. The third-order valence-corrected chi connectivity index (χ3v) is 2.66. The van der Waals surface area contributed by atoms with Crippen molar-refractivity contribution in [1.82, 2.24) is 4.98 Å². The number of amides is 1. The van der Waals surface area contributed by atoms with E-state index in [-0.39, 0.29) is 22.7 Å². The lowest BCUT2D eigenvalue weighted by Gasteiger charge is -2.10. The summed E-state index contributed by atoms with van der Waals surface area (Å²) in [6.45, 7) is 0. The van der Waals surface area contributed by atoms with E-state index in [0.717, 1.165) is 12.3 Å². The van der Waals surface area contributed by atoms with Crippen molar-refractivity contribution in [3.63, 3.8) is 0 Å². The van der Waals surface area contributed by atoms with Crippen LogP contribution in [-0.2, 0) is 0 Å². The normalized spacial score (nSPS) is 10.0. The number of non-ortho nitro benzene ring substituents is 1. The summed E-state index contributed by atoms with van der Waals surface area (Å²) in [6.07, 6.45) is 2.17. The predicted octanol–water partition coefficient (Wildman–Crippen LogP) is 2.39. The first-order chi connectivity index (χ1) is 10.0. The minimum absolute atomic E-state index is 0.0768. The molecule has 0 aliphatic heterocycles. The molecule has 0 atom stereocenters. The van der Waals surface area contributed by atoms with Gasteiger partial charge in [-0.3, -0.25) is 19.9 Å². The number of anilines is 1. The third kappa shape index (κ3) is 3.11. The molecule has 0 fully saturated rings. The Hall–Kier alpha value is -3.03. The Labute approximate surface area is 118 Å². The molecule has 7 nitrogen and oxygen atoms in total. The van der Waals surface area contributed by atoms with Crippen LogP contribution in [-0.4, -0.2) is 22.9 Å². The first kappa shape index (κ1) is 14.4. The molecule has 21 heavy (non-hydrogen) atoms. The smallest absolute Gasteiger partial charge is 0.271 e. The van der Waals surface area contributed by atoms with Crippen LogP contribution < -0.4 is 10.1 Å². The number of carbonyl (C=O) groups excluding carboxylic acids is 1. The number of rotatable bonds is 4. The van der Waals surface area contributed by atoms with E-state index in [1.54, 1.807) is 0 Å². The number of nitrogens with zero attached hydrogens (tertiary/aromatic N) is 2. The second-order valence-corrected chi connectivity index (χ2v) is 3.95. The average Bonchev–Trinajstić information content (AvgIpc) is 2.47. The molecule has 0 aliphatic rings. The lowest BCUT2D eigenvalue weighted by molar-refractivity contribution is -0.384. The lowest BCUT2D eigenvalue weighted by Crippen LogP contribution is -2.14. The Bertz CT molecular complexity index is 706. The lowest BCUT2D eigenvalue weighted by atomic mass is 10.2. The van der Waals surface area contributed by atoms with E-state index >= 15 is 0 Å². The third-order valence-electron chi connectivity index (χ3n) is 2.66. The monoisotopic (exact) mass is 291 g/mol. The number of methoxy groups -OCH3 is 1. The molecule has 8 heteroatoms. The molecular weight excluding hydrogens is 281 g/mol. The van der Waals surface area contributed by atoms with Crippen LogP contribution in [0, 0.1) is 15.9 Å². The second-order valence-electron chi connectivity index (χ2n) is 3.95. The van der Waals surface area contributed by atoms with E-state index < -0.39 is 16.6 Å². The largest absolute Gasteiger partial charge is 0.495 e. The number of nitro groups is 1. The Balaban J connectivity index is 2.34. The van der Waals surface area contributed by atoms with Gasteiger partial charge in [-0.2, -0.15) is 0 Å². The Morgan fingerprint density at radius 2 is 2.19 bits per heavy atom. The van der Waals surface area contributed by atoms with Gasteiger partial charge in [-0.15, -0.1) is 0 Å². The molecule has 1 amide bonds. The standard InChI is InChI=1S/C13H10FN3O4/c1-21-12-3-2-8(17(19)20)6-11(12)16-13(18)9-4-5-15-7-10(9)14/h2-7H,1H3,(H,16,18). The zero-order chi connectivity index (χ0) is 15.4. The summed E-state index contributed by atoms with van der Waals surface area (Å²) in [5.41, 5.74) is -0.368. The van der Waals surface area contributed by atoms with Crippen LogP contribution in [0.1, 0.15) is 10.4 Å². The van der Waals surface area contributed by atoms with E-state index in [0.29, 0.717) is 0 Å². The fourth-order valence-corrected chi connectivity index (χ4v) is 1.66. The van der Waals surface area contributed by atoms with Crippen molar-refractivity contribution >= 4 is 17.3 Å². The molecule has 0 saturated heterocycles. The fourth-order valence-electron chi connectivity index (χ4n) is 1.66. The maximum absolute atomic E-state index is 13.5. The number of nitro benzene ring substituents is 1. The van der Waals surface area contributed by atoms with Gasteiger partial charge in [-0.05, 0) is 12.1 Å². The minimum Gasteiger partial charge on any atom is -0.495 e. The van der Waals surface area contributed by atoms with Gasteiger partial charge in [0.15, 0.2) is 5.82 Å². The van der Waals surface area contributed by atoms with Gasteiger partial charge in [0, 0.05) is 18.3 Å². The van der Waals surface area contributed by atoms with Gasteiger partial charge in [0.2, 0.25) is 0 Å². The summed E-state index contributed by atoms with van der Waals surface area (Å²) in [5, 5.41) is 13.1. The molecule has 2 aromatic rings. The van der Waals surface area contributed by atoms with Crippen LogP contribution in [0.4, 0.5) is 15.8 Å². The number of nitrogens with one attached hydrogen (secondary N) is 1. The van der Waals surface area contributed by atoms with Crippen molar-refractivity contribution < 1.29 is 18.8 Å². The van der Waals surface area contributed by atoms with Gasteiger partial charge in [0.05, 0.1) is 29.5 Å². The summed E-state index contributed by atoms with van der Waals surface area (Å²) in [7, 11) is 1.35. The van der Waals surface area contributed by atoms with Crippen molar-refractivity contribution in [2.24, 2.45) is 0 Å². The maximum Gasteiger partial charge on any atom is 0.271 e. The highest BCUT2D eigenvalue weighted by molar-refractivity contribution is 6.05. The highest BCUT2D eigenvalue weighted by atomic mass is 19.1. The van der Waals surface area contributed by atoms with Crippen molar-refractivity contribution in [2.45, 2.75) is 0 Å². The summed E-state index contributed by atoms with van der Waals surface area (Å²) >= 11 is 0. The number of hydrogen-bond donors (Lipinski definition) is 1. The van der Waals surface area contributed by atoms with E-state index in [4.69, 9.17) is 4.74 Å². The molecule has 2 rings (SSSR count). The van der Waals surface area contributed by atoms with E-state index in [1.165, 1.54) is 31.5 Å². The molecule has 1 aromatic carbocycles. The van der Waals surface area contributed by atoms with Gasteiger partial charge in [0.1, 0.15) is 5.75 Å². The highest BCUT2D eigenvalue weighted by Crippen LogP contribution is 2.29. The Morgan fingerprint density at radius 1 is 1.43 bits per heavy atom. The van der Waals surface area contributed by atoms with Crippen molar-refractivity contribution in [3.8, 4) is 5.75 Å². The quantitative estimate of drug-likeness (QED) is 0.689. The molecule has 1 heterocycles. The Kier molecular flexibility index (Phi) is 4.07. The van der Waals surface area contributed by atoms with Gasteiger partial charge in [-0.1, -0.05) is 0 Å². The number of ether oxygens (including phenoxy) is 1. The van der Waals surface area contributed by atoms with E-state index in [2.05, 4.69) is 10.3 Å². The molecule has 108 valence electrons. The number of carbonyl (C=O) groups is 1. The second kappa shape index (κ2) is 5.95. The van der Waals surface area contributed by atoms with Crippen LogP contribution in [0.5, 0.6) is 5.75 Å². The molecule has 0 spiro atoms. The summed E-state index contributed by atoms with van der Waals surface area (Å²) in [6, 6.07) is 4.92. The molecule has 1 aromatic heterocycles. The van der Waals surface area contributed by atoms with E-state index in [1.807, 2.05) is 0 Å². The zero-order valence-corrected chi connectivity index (χ0v) is 10.9. The van der Waals surface area contributed by atoms with Gasteiger partial charge in [0.25, 0.3) is 11.6 Å². The molecule has 0 unspecified atom stereocenters. The SMILES string of the molecule is COc1ccc([N+](=O)[O-])cc1NC(=O)c1ccncc1F. The average molecular weight is 291 g/mol. The van der Waals surface area contributed by atoms with Gasteiger partial charge < -0.3 is 10.1 Å². The fraction of sp³-hybridized carbons (Fsp3) is 0.0769. The molecule has 0 radical (unpaired) electrons. The van der Waals surface area contributed by atoms with Crippen molar-refractivity contribution in [3.05, 3.63) is 58.2 Å². The minimum atomic E-state index is -0.792. The molecule has 1 N–H and O–H groups in total. The van der Waals surface area contributed by atoms with E-state index in [9.17, 15) is 19.3 Å². The first-order valence-corrected chi connectivity index (χ1v) is 5.76. The first-order valence-electron chi connectivity index (χ1n) is 5.76.